The fraction of sp³-hybridized carbons (Fsp3) is 0.400. The number of amides is 3. The van der Waals surface area contributed by atoms with E-state index in [0.717, 1.165) is 24.6 Å². The van der Waals surface area contributed by atoms with Crippen molar-refractivity contribution in [2.24, 2.45) is 0 Å². The average Bonchev–Trinajstić information content (AvgIpc) is 3.05. The van der Waals surface area contributed by atoms with Gasteiger partial charge in [0.1, 0.15) is 5.56 Å². The normalized spacial score (nSPS) is 22.2. The number of rotatable bonds is 4. The molecular weight excluding hydrogens is 396 g/mol. The Morgan fingerprint density at radius 1 is 1.24 bits per heavy atom. The van der Waals surface area contributed by atoms with Crippen molar-refractivity contribution in [1.29, 1.82) is 0 Å². The number of hydrogen-bond acceptors (Lipinski definition) is 7. The number of nitrogens with zero attached hydrogens (tertiary/aromatic N) is 1. The molecule has 1 aliphatic heterocycles. The van der Waals surface area contributed by atoms with Crippen LogP contribution in [0, 0.1) is 0 Å². The smallest absolute Gasteiger partial charge is 0.349 e. The molecule has 8 nitrogen and oxygen atoms in total. The van der Waals surface area contributed by atoms with E-state index in [2.05, 4.69) is 5.32 Å². The lowest BCUT2D eigenvalue weighted by Crippen LogP contribution is -2.55. The third-order valence-electron chi connectivity index (χ3n) is 5.35. The third-order valence-corrected chi connectivity index (χ3v) is 6.19. The number of benzene rings is 1. The Morgan fingerprint density at radius 3 is 2.76 bits per heavy atom. The molecule has 1 N–H and O–H groups in total. The van der Waals surface area contributed by atoms with Crippen LogP contribution >= 0.6 is 11.8 Å². The number of imide groups is 1. The Balaban J connectivity index is 1.61. The van der Waals surface area contributed by atoms with Gasteiger partial charge < -0.3 is 14.5 Å². The molecule has 152 valence electrons. The van der Waals surface area contributed by atoms with Crippen LogP contribution < -0.4 is 15.7 Å². The third kappa shape index (κ3) is 3.62. The van der Waals surface area contributed by atoms with E-state index in [1.807, 2.05) is 0 Å². The summed E-state index contributed by atoms with van der Waals surface area (Å²) in [6.45, 7) is 0. The predicted molar refractivity (Wildman–Crippen MR) is 107 cm³/mol. The summed E-state index contributed by atoms with van der Waals surface area (Å²) in [5, 5.41) is 3.14. The van der Waals surface area contributed by atoms with Crippen LogP contribution in [-0.4, -0.2) is 46.9 Å². The predicted octanol–water partition coefficient (Wildman–Crippen LogP) is 2.54. The van der Waals surface area contributed by atoms with Gasteiger partial charge in [0, 0.05) is 5.39 Å². The standard InChI is InChI=1S/C20H20N2O6S/c1-27-15-8-4-5-11-9-12(19(25)28-17(11)15)18(24)21-13-6-2-3-7-14(13)22-16(23)10-29-20(22)26/h4-5,8-9,13-14H,2-3,6-7,10H2,1H3,(H,21,24). The number of hydrogen-bond donors (Lipinski definition) is 1. The molecule has 2 fully saturated rings. The topological polar surface area (TPSA) is 106 Å². The van der Waals surface area contributed by atoms with Gasteiger partial charge >= 0.3 is 5.63 Å². The van der Waals surface area contributed by atoms with Crippen molar-refractivity contribution in [3.05, 3.63) is 40.2 Å². The quantitative estimate of drug-likeness (QED) is 0.764. The first-order valence-electron chi connectivity index (χ1n) is 9.40. The molecule has 0 spiro atoms. The van der Waals surface area contributed by atoms with Gasteiger partial charge in [0.05, 0.1) is 24.9 Å². The fourth-order valence-corrected chi connectivity index (χ4v) is 4.72. The van der Waals surface area contributed by atoms with E-state index in [9.17, 15) is 19.2 Å². The van der Waals surface area contributed by atoms with Crippen molar-refractivity contribution in [2.45, 2.75) is 37.8 Å². The highest BCUT2D eigenvalue weighted by Gasteiger charge is 2.41. The van der Waals surface area contributed by atoms with Crippen molar-refractivity contribution >= 4 is 39.8 Å². The molecule has 1 aromatic heterocycles. The molecule has 2 heterocycles. The highest BCUT2D eigenvalue weighted by molar-refractivity contribution is 8.14. The van der Waals surface area contributed by atoms with Gasteiger partial charge in [-0.25, -0.2) is 4.79 Å². The van der Waals surface area contributed by atoms with Gasteiger partial charge in [0.25, 0.3) is 11.1 Å². The van der Waals surface area contributed by atoms with Crippen molar-refractivity contribution in [1.82, 2.24) is 10.2 Å². The molecule has 2 aliphatic rings. The Morgan fingerprint density at radius 2 is 2.03 bits per heavy atom. The minimum atomic E-state index is -0.768. The maximum atomic E-state index is 12.9. The molecule has 29 heavy (non-hydrogen) atoms. The van der Waals surface area contributed by atoms with Gasteiger partial charge in [-0.05, 0) is 25.0 Å². The zero-order valence-electron chi connectivity index (χ0n) is 15.8. The van der Waals surface area contributed by atoms with Gasteiger partial charge in [-0.2, -0.15) is 0 Å². The first-order valence-corrected chi connectivity index (χ1v) is 10.4. The minimum Gasteiger partial charge on any atom is -0.493 e. The lowest BCUT2D eigenvalue weighted by Gasteiger charge is -2.36. The summed E-state index contributed by atoms with van der Waals surface area (Å²) in [7, 11) is 1.47. The van der Waals surface area contributed by atoms with Gasteiger partial charge in [-0.1, -0.05) is 36.7 Å². The first kappa shape index (κ1) is 19.5. The number of fused-ring (bicyclic) bond motifs is 1. The van der Waals surface area contributed by atoms with Crippen molar-refractivity contribution < 1.29 is 23.5 Å². The van der Waals surface area contributed by atoms with Crippen molar-refractivity contribution in [3.8, 4) is 5.75 Å². The van der Waals surface area contributed by atoms with Crippen LogP contribution in [-0.2, 0) is 4.79 Å². The van der Waals surface area contributed by atoms with Gasteiger partial charge in [0.15, 0.2) is 11.3 Å². The maximum absolute atomic E-state index is 12.9. The molecule has 4 rings (SSSR count). The molecule has 1 aromatic carbocycles. The van der Waals surface area contributed by atoms with Crippen molar-refractivity contribution in [2.75, 3.05) is 12.9 Å². The fourth-order valence-electron chi connectivity index (χ4n) is 3.96. The second-order valence-corrected chi connectivity index (χ2v) is 8.00. The summed E-state index contributed by atoms with van der Waals surface area (Å²) in [5.74, 6) is -0.274. The van der Waals surface area contributed by atoms with Crippen LogP contribution in [0.15, 0.2) is 33.5 Å². The Labute approximate surface area is 170 Å². The molecule has 0 radical (unpaired) electrons. The highest BCUT2D eigenvalue weighted by Crippen LogP contribution is 2.30. The van der Waals surface area contributed by atoms with Gasteiger partial charge in [-0.15, -0.1) is 0 Å². The molecule has 2 aromatic rings. The van der Waals surface area contributed by atoms with Gasteiger partial charge in [0.2, 0.25) is 5.91 Å². The van der Waals surface area contributed by atoms with Crippen LogP contribution in [0.3, 0.4) is 0 Å². The van der Waals surface area contributed by atoms with Crippen LogP contribution in [0.1, 0.15) is 36.0 Å². The van der Waals surface area contributed by atoms with Crippen LogP contribution in [0.2, 0.25) is 0 Å². The number of carbonyl (C=O) groups excluding carboxylic acids is 3. The highest BCUT2D eigenvalue weighted by atomic mass is 32.2. The second-order valence-electron chi connectivity index (χ2n) is 7.08. The molecule has 1 saturated carbocycles. The number of nitrogens with one attached hydrogen (secondary N) is 1. The monoisotopic (exact) mass is 416 g/mol. The molecule has 3 amide bonds. The summed E-state index contributed by atoms with van der Waals surface area (Å²) in [5.41, 5.74) is -0.614. The van der Waals surface area contributed by atoms with E-state index >= 15 is 0 Å². The van der Waals surface area contributed by atoms with E-state index in [0.29, 0.717) is 24.0 Å². The minimum absolute atomic E-state index is 0.122. The molecule has 0 bridgehead atoms. The van der Waals surface area contributed by atoms with Crippen LogP contribution in [0.4, 0.5) is 4.79 Å². The second kappa shape index (κ2) is 7.90. The van der Waals surface area contributed by atoms with Gasteiger partial charge in [-0.3, -0.25) is 19.3 Å². The summed E-state index contributed by atoms with van der Waals surface area (Å²) in [6.07, 6.45) is 3.00. The molecular formula is C20H20N2O6S. The van der Waals surface area contributed by atoms with E-state index in [1.54, 1.807) is 18.2 Å². The van der Waals surface area contributed by atoms with Crippen LogP contribution in [0.5, 0.6) is 5.75 Å². The van der Waals surface area contributed by atoms with E-state index in [-0.39, 0.29) is 28.0 Å². The van der Waals surface area contributed by atoms with E-state index < -0.39 is 23.6 Å². The Bertz CT molecular complexity index is 1030. The van der Waals surface area contributed by atoms with Crippen LogP contribution in [0.25, 0.3) is 11.0 Å². The maximum Gasteiger partial charge on any atom is 0.349 e. The first-order chi connectivity index (χ1) is 14.0. The molecule has 1 aliphatic carbocycles. The molecule has 2 atom stereocenters. The number of methoxy groups -OCH3 is 1. The zero-order chi connectivity index (χ0) is 20.5. The number of para-hydroxylation sites is 1. The molecule has 2 unspecified atom stereocenters. The zero-order valence-corrected chi connectivity index (χ0v) is 16.6. The molecule has 1 saturated heterocycles. The summed E-state index contributed by atoms with van der Waals surface area (Å²) >= 11 is 0.980. The van der Waals surface area contributed by atoms with E-state index in [1.165, 1.54) is 18.1 Å². The number of thioether (sulfide) groups is 1. The summed E-state index contributed by atoms with van der Waals surface area (Å²) < 4.78 is 10.5. The lowest BCUT2D eigenvalue weighted by molar-refractivity contribution is -0.127. The summed E-state index contributed by atoms with van der Waals surface area (Å²) in [4.78, 5) is 50.8. The Hall–Kier alpha value is -2.81. The summed E-state index contributed by atoms with van der Waals surface area (Å²) in [6, 6.07) is 5.80. The van der Waals surface area contributed by atoms with E-state index in [4.69, 9.17) is 9.15 Å². The SMILES string of the molecule is COc1cccc2cc(C(=O)NC3CCCCC3N3C(=O)CSC3=O)c(=O)oc12. The number of ether oxygens (including phenoxy) is 1. The Kier molecular flexibility index (Phi) is 5.31. The largest absolute Gasteiger partial charge is 0.493 e. The lowest BCUT2D eigenvalue weighted by atomic mass is 9.89. The van der Waals surface area contributed by atoms with Crippen molar-refractivity contribution in [3.63, 3.8) is 0 Å². The average molecular weight is 416 g/mol. The molecule has 9 heteroatoms. The number of carbonyl (C=O) groups is 3.